The van der Waals surface area contributed by atoms with Crippen LogP contribution in [0.1, 0.15) is 34.0 Å². The number of hydrogen-bond donors (Lipinski definition) is 1. The standard InChI is InChI=1S/C17H15F3N2O/c18-17(19,20)13-6-4-11(5-7-13)14-9-12(14)10-22-16(23)15-3-1-2-8-21-15/h1-8,12,14H,9-10H2,(H,22,23)/t12-,14+/m0/s1. The van der Waals surface area contributed by atoms with Gasteiger partial charge in [0.05, 0.1) is 5.56 Å². The first-order valence-corrected chi connectivity index (χ1v) is 7.31. The Bertz CT molecular complexity index is 683. The Morgan fingerprint density at radius 1 is 1.17 bits per heavy atom. The number of aromatic nitrogens is 1. The molecule has 1 aliphatic rings. The summed E-state index contributed by atoms with van der Waals surface area (Å²) in [6.45, 7) is 0.501. The average molecular weight is 320 g/mol. The van der Waals surface area contributed by atoms with Crippen LogP contribution in [0.3, 0.4) is 0 Å². The molecule has 6 heteroatoms. The Labute approximate surface area is 131 Å². The van der Waals surface area contributed by atoms with Crippen LogP contribution in [0.15, 0.2) is 48.7 Å². The molecule has 0 bridgehead atoms. The van der Waals surface area contributed by atoms with Gasteiger partial charge in [0.1, 0.15) is 5.69 Å². The van der Waals surface area contributed by atoms with Gasteiger partial charge in [-0.3, -0.25) is 9.78 Å². The highest BCUT2D eigenvalue weighted by Crippen LogP contribution is 2.47. The zero-order chi connectivity index (χ0) is 16.4. The van der Waals surface area contributed by atoms with E-state index in [0.29, 0.717) is 12.2 Å². The summed E-state index contributed by atoms with van der Waals surface area (Å²) in [5.41, 5.74) is 0.608. The number of benzene rings is 1. The lowest BCUT2D eigenvalue weighted by Gasteiger charge is -2.08. The predicted octanol–water partition coefficient (Wildman–Crippen LogP) is 3.63. The Morgan fingerprint density at radius 2 is 1.91 bits per heavy atom. The second-order valence-electron chi connectivity index (χ2n) is 5.65. The monoisotopic (exact) mass is 320 g/mol. The summed E-state index contributed by atoms with van der Waals surface area (Å²) in [6.07, 6.45) is -1.89. The summed E-state index contributed by atoms with van der Waals surface area (Å²) in [6, 6.07) is 10.4. The fourth-order valence-corrected chi connectivity index (χ4v) is 2.61. The first-order valence-electron chi connectivity index (χ1n) is 7.31. The normalized spacial score (nSPS) is 20.1. The third-order valence-electron chi connectivity index (χ3n) is 4.01. The van der Waals surface area contributed by atoms with Gasteiger partial charge in [-0.25, -0.2) is 0 Å². The van der Waals surface area contributed by atoms with Gasteiger partial charge in [-0.1, -0.05) is 18.2 Å². The molecule has 0 aliphatic heterocycles. The van der Waals surface area contributed by atoms with Crippen LogP contribution in [0.2, 0.25) is 0 Å². The van der Waals surface area contributed by atoms with Crippen LogP contribution in [-0.2, 0) is 6.18 Å². The Balaban J connectivity index is 1.53. The molecule has 120 valence electrons. The summed E-state index contributed by atoms with van der Waals surface area (Å²) >= 11 is 0. The smallest absolute Gasteiger partial charge is 0.350 e. The highest BCUT2D eigenvalue weighted by molar-refractivity contribution is 5.92. The fraction of sp³-hybridized carbons (Fsp3) is 0.294. The van der Waals surface area contributed by atoms with E-state index in [2.05, 4.69) is 10.3 Å². The van der Waals surface area contributed by atoms with Gasteiger partial charge >= 0.3 is 6.18 Å². The van der Waals surface area contributed by atoms with Crippen LogP contribution in [0.25, 0.3) is 0 Å². The summed E-state index contributed by atoms with van der Waals surface area (Å²) in [7, 11) is 0. The van der Waals surface area contributed by atoms with E-state index >= 15 is 0 Å². The Hall–Kier alpha value is -2.37. The maximum Gasteiger partial charge on any atom is 0.416 e. The van der Waals surface area contributed by atoms with Gasteiger partial charge in [-0.05, 0) is 48.1 Å². The molecule has 0 spiro atoms. The van der Waals surface area contributed by atoms with E-state index in [4.69, 9.17) is 0 Å². The van der Waals surface area contributed by atoms with Crippen LogP contribution >= 0.6 is 0 Å². The first-order chi connectivity index (χ1) is 10.9. The van der Waals surface area contributed by atoms with Crippen molar-refractivity contribution in [1.82, 2.24) is 10.3 Å². The zero-order valence-corrected chi connectivity index (χ0v) is 12.2. The fourth-order valence-electron chi connectivity index (χ4n) is 2.61. The highest BCUT2D eigenvalue weighted by Gasteiger charge is 2.39. The maximum atomic E-state index is 12.5. The number of rotatable bonds is 4. The van der Waals surface area contributed by atoms with Crippen molar-refractivity contribution in [3.8, 4) is 0 Å². The molecule has 1 aromatic carbocycles. The van der Waals surface area contributed by atoms with Crippen LogP contribution in [0, 0.1) is 5.92 Å². The van der Waals surface area contributed by atoms with Gasteiger partial charge in [-0.2, -0.15) is 13.2 Å². The molecule has 1 aromatic heterocycles. The number of alkyl halides is 3. The molecule has 1 aliphatic carbocycles. The van der Waals surface area contributed by atoms with Crippen molar-refractivity contribution in [1.29, 1.82) is 0 Å². The summed E-state index contributed by atoms with van der Waals surface area (Å²) < 4.78 is 37.6. The number of nitrogens with one attached hydrogen (secondary N) is 1. The van der Waals surface area contributed by atoms with Gasteiger partial charge < -0.3 is 5.32 Å². The van der Waals surface area contributed by atoms with E-state index in [1.165, 1.54) is 12.1 Å². The molecular weight excluding hydrogens is 305 g/mol. The second kappa shape index (κ2) is 6.02. The van der Waals surface area contributed by atoms with Gasteiger partial charge in [0.15, 0.2) is 0 Å². The molecular formula is C17H15F3N2O. The number of carbonyl (C=O) groups excluding carboxylic acids is 1. The minimum Gasteiger partial charge on any atom is -0.350 e. The first kappa shape index (κ1) is 15.5. The van der Waals surface area contributed by atoms with E-state index in [-0.39, 0.29) is 17.7 Å². The summed E-state index contributed by atoms with van der Waals surface area (Å²) in [5.74, 6) is 0.240. The largest absolute Gasteiger partial charge is 0.416 e. The van der Waals surface area contributed by atoms with Gasteiger partial charge in [0.2, 0.25) is 0 Å². The minimum atomic E-state index is -4.31. The minimum absolute atomic E-state index is 0.210. The van der Waals surface area contributed by atoms with E-state index in [1.807, 2.05) is 0 Å². The number of pyridine rings is 1. The molecule has 0 unspecified atom stereocenters. The molecule has 2 aromatic rings. The summed E-state index contributed by atoms with van der Waals surface area (Å²) in [4.78, 5) is 15.8. The van der Waals surface area contributed by atoms with Crippen LogP contribution in [-0.4, -0.2) is 17.4 Å². The molecule has 1 N–H and O–H groups in total. The number of hydrogen-bond acceptors (Lipinski definition) is 2. The van der Waals surface area contributed by atoms with Gasteiger partial charge in [-0.15, -0.1) is 0 Å². The number of carbonyl (C=O) groups is 1. The average Bonchev–Trinajstić information content (AvgIpc) is 3.32. The lowest BCUT2D eigenvalue weighted by atomic mass is 10.1. The Kier molecular flexibility index (Phi) is 4.07. The second-order valence-corrected chi connectivity index (χ2v) is 5.65. The highest BCUT2D eigenvalue weighted by atomic mass is 19.4. The molecule has 3 rings (SSSR count). The van der Waals surface area contributed by atoms with Crippen LogP contribution in [0.4, 0.5) is 13.2 Å². The predicted molar refractivity (Wildman–Crippen MR) is 78.9 cm³/mol. The molecule has 0 saturated heterocycles. The van der Waals surface area contributed by atoms with Crippen molar-refractivity contribution in [2.45, 2.75) is 18.5 Å². The topological polar surface area (TPSA) is 42.0 Å². The van der Waals surface area contributed by atoms with Crippen molar-refractivity contribution >= 4 is 5.91 Å². The molecule has 1 fully saturated rings. The molecule has 1 saturated carbocycles. The van der Waals surface area contributed by atoms with E-state index in [0.717, 1.165) is 24.1 Å². The third-order valence-corrected chi connectivity index (χ3v) is 4.01. The number of nitrogens with zero attached hydrogens (tertiary/aromatic N) is 1. The summed E-state index contributed by atoms with van der Waals surface area (Å²) in [5, 5.41) is 2.81. The van der Waals surface area contributed by atoms with Gasteiger partial charge in [0.25, 0.3) is 5.91 Å². The van der Waals surface area contributed by atoms with Crippen molar-refractivity contribution in [3.05, 3.63) is 65.5 Å². The molecule has 3 nitrogen and oxygen atoms in total. The Morgan fingerprint density at radius 3 is 2.52 bits per heavy atom. The molecule has 2 atom stereocenters. The third kappa shape index (κ3) is 3.70. The quantitative estimate of drug-likeness (QED) is 0.934. The lowest BCUT2D eigenvalue weighted by molar-refractivity contribution is -0.137. The van der Waals surface area contributed by atoms with Crippen molar-refractivity contribution < 1.29 is 18.0 Å². The van der Waals surface area contributed by atoms with Crippen molar-refractivity contribution in [2.24, 2.45) is 5.92 Å². The van der Waals surface area contributed by atoms with E-state index < -0.39 is 11.7 Å². The zero-order valence-electron chi connectivity index (χ0n) is 12.2. The van der Waals surface area contributed by atoms with Crippen LogP contribution < -0.4 is 5.32 Å². The molecule has 0 radical (unpaired) electrons. The number of halogens is 3. The maximum absolute atomic E-state index is 12.5. The molecule has 1 amide bonds. The van der Waals surface area contributed by atoms with Crippen molar-refractivity contribution in [3.63, 3.8) is 0 Å². The van der Waals surface area contributed by atoms with Crippen LogP contribution in [0.5, 0.6) is 0 Å². The van der Waals surface area contributed by atoms with Crippen molar-refractivity contribution in [2.75, 3.05) is 6.54 Å². The van der Waals surface area contributed by atoms with E-state index in [9.17, 15) is 18.0 Å². The van der Waals surface area contributed by atoms with E-state index in [1.54, 1.807) is 24.4 Å². The van der Waals surface area contributed by atoms with Gasteiger partial charge in [0, 0.05) is 12.7 Å². The molecule has 23 heavy (non-hydrogen) atoms. The number of amides is 1. The lowest BCUT2D eigenvalue weighted by Crippen LogP contribution is -2.26. The SMILES string of the molecule is O=C(NC[C@@H]1C[C@@H]1c1ccc(C(F)(F)F)cc1)c1ccccn1. The molecule has 1 heterocycles.